The first kappa shape index (κ1) is 16.7. The first-order valence-electron chi connectivity index (χ1n) is 8.63. The zero-order valence-corrected chi connectivity index (χ0v) is 16.1. The maximum atomic E-state index is 12.5. The quantitative estimate of drug-likeness (QED) is 0.362. The molecule has 1 aliphatic rings. The Balaban J connectivity index is 1.63. The third kappa shape index (κ3) is 3.35. The summed E-state index contributed by atoms with van der Waals surface area (Å²) in [6.07, 6.45) is 4.77. The third-order valence-corrected chi connectivity index (χ3v) is 6.77. The number of carbonyl (C=O) groups is 1. The van der Waals surface area contributed by atoms with Crippen LogP contribution in [0.5, 0.6) is 0 Å². The lowest BCUT2D eigenvalue weighted by atomic mass is 9.97. The van der Waals surface area contributed by atoms with Crippen LogP contribution in [0.15, 0.2) is 29.3 Å². The Bertz CT molecular complexity index is 944. The van der Waals surface area contributed by atoms with Crippen LogP contribution in [0, 0.1) is 13.8 Å². The van der Waals surface area contributed by atoms with E-state index in [4.69, 9.17) is 0 Å². The maximum Gasteiger partial charge on any atom is 0.173 e. The summed E-state index contributed by atoms with van der Waals surface area (Å²) >= 11 is 3.37. The Morgan fingerprint density at radius 1 is 1.12 bits per heavy atom. The fraction of sp³-hybridized carbons (Fsp3) is 0.350. The van der Waals surface area contributed by atoms with Gasteiger partial charge in [0.05, 0.1) is 5.75 Å². The lowest BCUT2D eigenvalue weighted by molar-refractivity contribution is 0.102. The van der Waals surface area contributed by atoms with Crippen molar-refractivity contribution >= 4 is 39.1 Å². The van der Waals surface area contributed by atoms with E-state index < -0.39 is 0 Å². The lowest BCUT2D eigenvalue weighted by Crippen LogP contribution is -2.04. The molecule has 1 aromatic carbocycles. The molecule has 0 atom stereocenters. The molecule has 25 heavy (non-hydrogen) atoms. The summed E-state index contributed by atoms with van der Waals surface area (Å²) in [6.45, 7) is 3.97. The Morgan fingerprint density at radius 2 is 1.88 bits per heavy atom. The highest BCUT2D eigenvalue weighted by molar-refractivity contribution is 8.00. The molecular weight excluding hydrogens is 348 g/mol. The van der Waals surface area contributed by atoms with E-state index in [2.05, 4.69) is 9.97 Å². The van der Waals surface area contributed by atoms with Crippen molar-refractivity contribution in [1.82, 2.24) is 9.97 Å². The highest BCUT2D eigenvalue weighted by Crippen LogP contribution is 2.39. The molecule has 0 spiro atoms. The van der Waals surface area contributed by atoms with Crippen LogP contribution in [0.1, 0.15) is 45.0 Å². The second-order valence-corrected chi connectivity index (χ2v) is 8.59. The molecule has 0 saturated heterocycles. The van der Waals surface area contributed by atoms with Crippen molar-refractivity contribution in [2.24, 2.45) is 0 Å². The minimum Gasteiger partial charge on any atom is -0.293 e. The summed E-state index contributed by atoms with van der Waals surface area (Å²) < 4.78 is 0. The van der Waals surface area contributed by atoms with Gasteiger partial charge in [0.1, 0.15) is 15.7 Å². The molecule has 4 rings (SSSR count). The van der Waals surface area contributed by atoms with Gasteiger partial charge in [-0.1, -0.05) is 41.6 Å². The van der Waals surface area contributed by atoms with Gasteiger partial charge in [-0.25, -0.2) is 9.97 Å². The summed E-state index contributed by atoms with van der Waals surface area (Å²) in [5, 5.41) is 2.18. The smallest absolute Gasteiger partial charge is 0.173 e. The van der Waals surface area contributed by atoms with Crippen molar-refractivity contribution in [1.29, 1.82) is 0 Å². The molecule has 3 aromatic rings. The molecule has 0 bridgehead atoms. The molecule has 1 aliphatic carbocycles. The third-order valence-electron chi connectivity index (χ3n) is 4.61. The number of ketones is 1. The van der Waals surface area contributed by atoms with Gasteiger partial charge in [0.15, 0.2) is 5.78 Å². The van der Waals surface area contributed by atoms with Crippen LogP contribution >= 0.6 is 23.1 Å². The van der Waals surface area contributed by atoms with E-state index in [1.807, 2.05) is 49.4 Å². The molecule has 0 radical (unpaired) electrons. The molecule has 0 fully saturated rings. The number of aryl methyl sites for hydroxylation is 4. The SMILES string of the molecule is Cc1ccc(C(=O)CSc2nc(C)nc3sc4c(c23)CCCC4)cc1. The van der Waals surface area contributed by atoms with E-state index >= 15 is 0 Å². The van der Waals surface area contributed by atoms with Crippen LogP contribution in [0.25, 0.3) is 10.2 Å². The highest BCUT2D eigenvalue weighted by Gasteiger charge is 2.21. The number of thioether (sulfide) groups is 1. The largest absolute Gasteiger partial charge is 0.293 e. The number of hydrogen-bond donors (Lipinski definition) is 0. The van der Waals surface area contributed by atoms with Gasteiger partial charge >= 0.3 is 0 Å². The number of Topliss-reactive ketones (excluding diaryl/α,β-unsaturated/α-hetero) is 1. The van der Waals surface area contributed by atoms with Crippen molar-refractivity contribution in [2.75, 3.05) is 5.75 Å². The topological polar surface area (TPSA) is 42.9 Å². The minimum atomic E-state index is 0.151. The molecule has 2 heterocycles. The van der Waals surface area contributed by atoms with Gasteiger partial charge in [-0.05, 0) is 45.1 Å². The molecule has 0 saturated carbocycles. The van der Waals surface area contributed by atoms with Crippen molar-refractivity contribution in [2.45, 2.75) is 44.6 Å². The predicted molar refractivity (Wildman–Crippen MR) is 105 cm³/mol. The molecule has 0 N–H and O–H groups in total. The van der Waals surface area contributed by atoms with Gasteiger partial charge in [-0.3, -0.25) is 4.79 Å². The molecule has 0 amide bonds. The summed E-state index contributed by atoms with van der Waals surface area (Å²) in [7, 11) is 0. The number of fused-ring (bicyclic) bond motifs is 3. The van der Waals surface area contributed by atoms with Crippen molar-refractivity contribution in [3.05, 3.63) is 51.7 Å². The number of thiophene rings is 1. The number of aromatic nitrogens is 2. The monoisotopic (exact) mass is 368 g/mol. The summed E-state index contributed by atoms with van der Waals surface area (Å²) in [6, 6.07) is 7.79. The molecule has 0 aliphatic heterocycles. The minimum absolute atomic E-state index is 0.151. The average molecular weight is 369 g/mol. The number of nitrogens with zero attached hydrogens (tertiary/aromatic N) is 2. The molecular formula is C20H20N2OS2. The molecule has 5 heteroatoms. The normalized spacial score (nSPS) is 13.8. The number of carbonyl (C=O) groups excluding carboxylic acids is 1. The summed E-state index contributed by atoms with van der Waals surface area (Å²) in [4.78, 5) is 24.4. The lowest BCUT2D eigenvalue weighted by Gasteiger charge is -2.11. The first-order chi connectivity index (χ1) is 12.1. The molecule has 2 aromatic heterocycles. The van der Waals surface area contributed by atoms with Crippen LogP contribution < -0.4 is 0 Å². The van der Waals surface area contributed by atoms with E-state index in [-0.39, 0.29) is 5.78 Å². The average Bonchev–Trinajstić information content (AvgIpc) is 2.98. The second kappa shape index (κ2) is 6.89. The van der Waals surface area contributed by atoms with E-state index in [9.17, 15) is 4.79 Å². The van der Waals surface area contributed by atoms with Gasteiger partial charge in [0, 0.05) is 15.8 Å². The van der Waals surface area contributed by atoms with Crippen molar-refractivity contribution < 1.29 is 4.79 Å². The van der Waals surface area contributed by atoms with E-state index in [0.29, 0.717) is 5.75 Å². The van der Waals surface area contributed by atoms with Crippen molar-refractivity contribution in [3.63, 3.8) is 0 Å². The van der Waals surface area contributed by atoms with Gasteiger partial charge in [-0.2, -0.15) is 0 Å². The van der Waals surface area contributed by atoms with Crippen LogP contribution in [-0.4, -0.2) is 21.5 Å². The summed E-state index contributed by atoms with van der Waals surface area (Å²) in [5.41, 5.74) is 3.37. The van der Waals surface area contributed by atoms with Gasteiger partial charge in [0.2, 0.25) is 0 Å². The fourth-order valence-corrected chi connectivity index (χ4v) is 5.65. The Hall–Kier alpha value is -1.72. The Labute approximate surface area is 155 Å². The van der Waals surface area contributed by atoms with Crippen LogP contribution in [0.2, 0.25) is 0 Å². The predicted octanol–water partition coefficient (Wildman–Crippen LogP) is 5.16. The zero-order chi connectivity index (χ0) is 17.4. The molecule has 0 unspecified atom stereocenters. The van der Waals surface area contributed by atoms with Crippen molar-refractivity contribution in [3.8, 4) is 0 Å². The van der Waals surface area contributed by atoms with E-state index in [1.54, 1.807) is 11.8 Å². The number of rotatable bonds is 4. The van der Waals surface area contributed by atoms with E-state index in [0.717, 1.165) is 34.1 Å². The standard InChI is InChI=1S/C20H20N2OS2/c1-12-7-9-14(10-8-12)16(23)11-24-19-18-15-5-3-4-6-17(15)25-20(18)22-13(2)21-19/h7-10H,3-6,11H2,1-2H3. The van der Waals surface area contributed by atoms with Crippen LogP contribution in [-0.2, 0) is 12.8 Å². The van der Waals surface area contributed by atoms with Gasteiger partial charge < -0.3 is 0 Å². The summed E-state index contributed by atoms with van der Waals surface area (Å²) in [5.74, 6) is 1.36. The van der Waals surface area contributed by atoms with Gasteiger partial charge in [-0.15, -0.1) is 11.3 Å². The van der Waals surface area contributed by atoms with Gasteiger partial charge in [0.25, 0.3) is 0 Å². The Morgan fingerprint density at radius 3 is 2.68 bits per heavy atom. The molecule has 3 nitrogen and oxygen atoms in total. The Kier molecular flexibility index (Phi) is 4.61. The number of benzene rings is 1. The van der Waals surface area contributed by atoms with E-state index in [1.165, 1.54) is 34.2 Å². The molecule has 128 valence electrons. The first-order valence-corrected chi connectivity index (χ1v) is 10.4. The maximum absolute atomic E-state index is 12.5. The second-order valence-electron chi connectivity index (χ2n) is 6.54. The zero-order valence-electron chi connectivity index (χ0n) is 14.5. The van der Waals surface area contributed by atoms with Crippen LogP contribution in [0.4, 0.5) is 0 Å². The fourth-order valence-electron chi connectivity index (χ4n) is 3.29. The highest BCUT2D eigenvalue weighted by atomic mass is 32.2. The van der Waals surface area contributed by atoms with Crippen LogP contribution in [0.3, 0.4) is 0 Å². The number of hydrogen-bond acceptors (Lipinski definition) is 5.